The number of aryl methyl sites for hydroxylation is 1. The molecule has 0 bridgehead atoms. The molecule has 0 saturated carbocycles. The third-order valence-electron chi connectivity index (χ3n) is 2.78. The number of nitrogens with zero attached hydrogens (tertiary/aromatic N) is 1. The lowest BCUT2D eigenvalue weighted by Gasteiger charge is -2.14. The van der Waals surface area contributed by atoms with E-state index in [0.717, 1.165) is 17.3 Å². The number of aliphatic hydroxyl groups excluding tert-OH is 1. The van der Waals surface area contributed by atoms with Crippen molar-refractivity contribution in [2.24, 2.45) is 0 Å². The molecule has 0 aliphatic heterocycles. The second kappa shape index (κ2) is 5.80. The molecule has 1 aromatic carbocycles. The van der Waals surface area contributed by atoms with Crippen LogP contribution in [0, 0.1) is 12.7 Å². The maximum atomic E-state index is 13.0. The fraction of sp³-hybridized carbons (Fsp3) is 0.267. The number of benzene rings is 1. The zero-order valence-electron chi connectivity index (χ0n) is 10.9. The molecule has 3 nitrogen and oxygen atoms in total. The Morgan fingerprint density at radius 3 is 2.79 bits per heavy atom. The highest BCUT2D eigenvalue weighted by atomic mass is 19.1. The molecule has 0 spiro atoms. The molecule has 4 heteroatoms. The zero-order valence-corrected chi connectivity index (χ0v) is 10.9. The van der Waals surface area contributed by atoms with Crippen LogP contribution in [0.2, 0.25) is 0 Å². The van der Waals surface area contributed by atoms with Crippen molar-refractivity contribution in [1.29, 1.82) is 0 Å². The van der Waals surface area contributed by atoms with E-state index in [1.165, 1.54) is 6.07 Å². The van der Waals surface area contributed by atoms with Gasteiger partial charge in [0.05, 0.1) is 12.3 Å². The van der Waals surface area contributed by atoms with Crippen LogP contribution in [0.15, 0.2) is 36.7 Å². The average Bonchev–Trinajstić information content (AvgIpc) is 2.36. The minimum Gasteiger partial charge on any atom is -0.488 e. The number of pyridine rings is 1. The van der Waals surface area contributed by atoms with E-state index in [9.17, 15) is 9.50 Å². The highest BCUT2D eigenvalue weighted by Crippen LogP contribution is 2.27. The number of halogens is 1. The number of aliphatic hydroxyl groups is 1. The van der Waals surface area contributed by atoms with Crippen LogP contribution in [-0.4, -0.2) is 10.1 Å². The van der Waals surface area contributed by atoms with Crippen LogP contribution in [0.25, 0.3) is 0 Å². The van der Waals surface area contributed by atoms with Crippen LogP contribution >= 0.6 is 0 Å². The van der Waals surface area contributed by atoms with E-state index >= 15 is 0 Å². The van der Waals surface area contributed by atoms with Crippen molar-refractivity contribution in [1.82, 2.24) is 4.98 Å². The van der Waals surface area contributed by atoms with Gasteiger partial charge in [0.1, 0.15) is 18.2 Å². The van der Waals surface area contributed by atoms with Gasteiger partial charge in [-0.3, -0.25) is 4.98 Å². The van der Waals surface area contributed by atoms with Crippen molar-refractivity contribution in [3.63, 3.8) is 0 Å². The molecule has 0 aliphatic carbocycles. The third-order valence-corrected chi connectivity index (χ3v) is 2.78. The van der Waals surface area contributed by atoms with Crippen LogP contribution in [0.5, 0.6) is 5.75 Å². The van der Waals surface area contributed by atoms with Crippen molar-refractivity contribution in [2.75, 3.05) is 0 Å². The molecule has 0 fully saturated rings. The predicted molar refractivity (Wildman–Crippen MR) is 70.3 cm³/mol. The van der Waals surface area contributed by atoms with Gasteiger partial charge in [-0.25, -0.2) is 4.39 Å². The third kappa shape index (κ3) is 3.51. The topological polar surface area (TPSA) is 42.4 Å². The van der Waals surface area contributed by atoms with E-state index in [1.807, 2.05) is 25.1 Å². The van der Waals surface area contributed by atoms with Crippen molar-refractivity contribution in [2.45, 2.75) is 26.6 Å². The fourth-order valence-corrected chi connectivity index (χ4v) is 1.81. The predicted octanol–water partition coefficient (Wildman–Crippen LogP) is 3.16. The molecule has 100 valence electrons. The van der Waals surface area contributed by atoms with Crippen LogP contribution in [0.3, 0.4) is 0 Å². The van der Waals surface area contributed by atoms with E-state index in [4.69, 9.17) is 4.74 Å². The Morgan fingerprint density at radius 2 is 2.11 bits per heavy atom. The lowest BCUT2D eigenvalue weighted by atomic mass is 10.1. The Morgan fingerprint density at radius 1 is 1.32 bits per heavy atom. The molecule has 1 heterocycles. The maximum Gasteiger partial charge on any atom is 0.141 e. The van der Waals surface area contributed by atoms with Gasteiger partial charge < -0.3 is 9.84 Å². The molecule has 0 radical (unpaired) electrons. The molecule has 0 amide bonds. The number of rotatable bonds is 4. The SMILES string of the molecule is Cc1ccc(C(C)O)c(OCc2cncc(F)c2)c1. The molecule has 0 aliphatic rings. The molecule has 2 aromatic rings. The summed E-state index contributed by atoms with van der Waals surface area (Å²) < 4.78 is 18.7. The van der Waals surface area contributed by atoms with Gasteiger partial charge in [-0.2, -0.15) is 0 Å². The first-order valence-corrected chi connectivity index (χ1v) is 6.07. The van der Waals surface area contributed by atoms with E-state index in [2.05, 4.69) is 4.98 Å². The summed E-state index contributed by atoms with van der Waals surface area (Å²) >= 11 is 0. The molecule has 1 N–H and O–H groups in total. The first-order chi connectivity index (χ1) is 9.06. The standard InChI is InChI=1S/C15H16FNO2/c1-10-3-4-14(11(2)18)15(5-10)19-9-12-6-13(16)8-17-7-12/h3-8,11,18H,9H2,1-2H3. The summed E-state index contributed by atoms with van der Waals surface area (Å²) in [7, 11) is 0. The largest absolute Gasteiger partial charge is 0.488 e. The molecule has 0 saturated heterocycles. The number of ether oxygens (including phenoxy) is 1. The Kier molecular flexibility index (Phi) is 4.12. The minimum atomic E-state index is -0.610. The van der Waals surface area contributed by atoms with Crippen molar-refractivity contribution < 1.29 is 14.2 Å². The summed E-state index contributed by atoms with van der Waals surface area (Å²) in [6.45, 7) is 3.84. The highest BCUT2D eigenvalue weighted by Gasteiger charge is 2.09. The van der Waals surface area contributed by atoms with Crippen LogP contribution < -0.4 is 4.74 Å². The van der Waals surface area contributed by atoms with Crippen molar-refractivity contribution in [3.8, 4) is 5.75 Å². The Balaban J connectivity index is 2.17. The van der Waals surface area contributed by atoms with Crippen LogP contribution in [-0.2, 0) is 6.61 Å². The Hall–Kier alpha value is -1.94. The van der Waals surface area contributed by atoms with Crippen LogP contribution in [0.4, 0.5) is 4.39 Å². The second-order valence-corrected chi connectivity index (χ2v) is 4.52. The van der Waals surface area contributed by atoms with Gasteiger partial charge in [-0.15, -0.1) is 0 Å². The molecular formula is C15H16FNO2. The quantitative estimate of drug-likeness (QED) is 0.919. The average molecular weight is 261 g/mol. The van der Waals surface area contributed by atoms with E-state index in [1.54, 1.807) is 13.1 Å². The van der Waals surface area contributed by atoms with Gasteiger partial charge in [-0.1, -0.05) is 12.1 Å². The normalized spacial score (nSPS) is 12.2. The summed E-state index contributed by atoms with van der Waals surface area (Å²) in [6.07, 6.45) is 2.10. The molecule has 19 heavy (non-hydrogen) atoms. The number of hydrogen-bond donors (Lipinski definition) is 1. The monoisotopic (exact) mass is 261 g/mol. The van der Waals surface area contributed by atoms with Crippen LogP contribution in [0.1, 0.15) is 29.7 Å². The lowest BCUT2D eigenvalue weighted by molar-refractivity contribution is 0.190. The summed E-state index contributed by atoms with van der Waals surface area (Å²) in [5, 5.41) is 9.68. The van der Waals surface area contributed by atoms with Crippen molar-refractivity contribution >= 4 is 0 Å². The van der Waals surface area contributed by atoms with E-state index < -0.39 is 6.10 Å². The fourth-order valence-electron chi connectivity index (χ4n) is 1.81. The van der Waals surface area contributed by atoms with Gasteiger partial charge >= 0.3 is 0 Å². The maximum absolute atomic E-state index is 13.0. The van der Waals surface area contributed by atoms with E-state index in [-0.39, 0.29) is 12.4 Å². The lowest BCUT2D eigenvalue weighted by Crippen LogP contribution is -2.02. The van der Waals surface area contributed by atoms with Gasteiger partial charge in [0.2, 0.25) is 0 Å². The number of aromatic nitrogens is 1. The number of hydrogen-bond acceptors (Lipinski definition) is 3. The van der Waals surface area contributed by atoms with Gasteiger partial charge in [0, 0.05) is 17.3 Å². The molecular weight excluding hydrogens is 245 g/mol. The summed E-state index contributed by atoms with van der Waals surface area (Å²) in [5.74, 6) is 0.223. The first-order valence-electron chi connectivity index (χ1n) is 6.07. The summed E-state index contributed by atoms with van der Waals surface area (Å²) in [5.41, 5.74) is 2.41. The smallest absolute Gasteiger partial charge is 0.141 e. The first kappa shape index (κ1) is 13.5. The Labute approximate surface area is 111 Å². The van der Waals surface area contributed by atoms with Crippen molar-refractivity contribution in [3.05, 3.63) is 59.2 Å². The molecule has 2 rings (SSSR count). The second-order valence-electron chi connectivity index (χ2n) is 4.52. The summed E-state index contributed by atoms with van der Waals surface area (Å²) in [6, 6.07) is 6.98. The Bertz CT molecular complexity index is 570. The molecule has 1 aromatic heterocycles. The van der Waals surface area contributed by atoms with Gasteiger partial charge in [0.25, 0.3) is 0 Å². The highest BCUT2D eigenvalue weighted by molar-refractivity contribution is 5.38. The minimum absolute atomic E-state index is 0.216. The van der Waals surface area contributed by atoms with Gasteiger partial charge in [0.15, 0.2) is 0 Å². The zero-order chi connectivity index (χ0) is 13.8. The molecule has 1 atom stereocenters. The summed E-state index contributed by atoms with van der Waals surface area (Å²) in [4.78, 5) is 3.77. The molecule has 1 unspecified atom stereocenters. The van der Waals surface area contributed by atoms with E-state index in [0.29, 0.717) is 11.3 Å². The van der Waals surface area contributed by atoms with Gasteiger partial charge in [-0.05, 0) is 31.5 Å².